The van der Waals surface area contributed by atoms with Crippen LogP contribution in [-0.4, -0.2) is 49.0 Å². The average molecular weight is 354 g/mol. The standard InChI is InChI=1S/C19H22N4O3/c24-11-9-23(10-12-25)17-5-3-15(4-6-17)21-22-16-2-1-14-7-8-20-19(26)18(14)13-16/h1-6,13,24-25H,7-12H2,(H,20,26). The topological polar surface area (TPSA) is 97.5 Å². The third kappa shape index (κ3) is 4.25. The van der Waals surface area contributed by atoms with Crippen molar-refractivity contribution in [1.29, 1.82) is 0 Å². The van der Waals surface area contributed by atoms with Crippen LogP contribution < -0.4 is 10.2 Å². The molecule has 0 radical (unpaired) electrons. The molecule has 7 heteroatoms. The molecule has 26 heavy (non-hydrogen) atoms. The van der Waals surface area contributed by atoms with Gasteiger partial charge in [-0.25, -0.2) is 0 Å². The number of benzene rings is 2. The Morgan fingerprint density at radius 1 is 0.962 bits per heavy atom. The number of aliphatic hydroxyl groups excluding tert-OH is 2. The smallest absolute Gasteiger partial charge is 0.251 e. The summed E-state index contributed by atoms with van der Waals surface area (Å²) < 4.78 is 0. The SMILES string of the molecule is O=C1NCCc2ccc(N=Nc3ccc(N(CCO)CCO)cc3)cc21. The summed E-state index contributed by atoms with van der Waals surface area (Å²) in [6.45, 7) is 1.63. The molecule has 0 aromatic heterocycles. The molecule has 3 rings (SSSR count). The van der Waals surface area contributed by atoms with Gasteiger partial charge in [0, 0.05) is 30.9 Å². The lowest BCUT2D eigenvalue weighted by Crippen LogP contribution is -2.31. The highest BCUT2D eigenvalue weighted by atomic mass is 16.3. The molecular weight excluding hydrogens is 332 g/mol. The summed E-state index contributed by atoms with van der Waals surface area (Å²) in [7, 11) is 0. The fraction of sp³-hybridized carbons (Fsp3) is 0.316. The van der Waals surface area contributed by atoms with Crippen molar-refractivity contribution < 1.29 is 15.0 Å². The fourth-order valence-corrected chi connectivity index (χ4v) is 2.92. The molecule has 0 bridgehead atoms. The van der Waals surface area contributed by atoms with Crippen molar-refractivity contribution in [3.8, 4) is 0 Å². The van der Waals surface area contributed by atoms with Crippen molar-refractivity contribution >= 4 is 23.0 Å². The third-order valence-electron chi connectivity index (χ3n) is 4.25. The number of hydrogen-bond acceptors (Lipinski definition) is 6. The Hall–Kier alpha value is -2.77. The van der Waals surface area contributed by atoms with E-state index in [1.807, 2.05) is 41.3 Å². The Labute approximate surface area is 152 Å². The van der Waals surface area contributed by atoms with Crippen LogP contribution in [0.5, 0.6) is 0 Å². The normalized spacial score (nSPS) is 13.5. The Morgan fingerprint density at radius 2 is 1.62 bits per heavy atom. The predicted octanol–water partition coefficient (Wildman–Crippen LogP) is 2.18. The van der Waals surface area contributed by atoms with E-state index in [0.29, 0.717) is 36.6 Å². The van der Waals surface area contributed by atoms with Crippen LogP contribution in [0.4, 0.5) is 17.1 Å². The highest BCUT2D eigenvalue weighted by Crippen LogP contribution is 2.25. The number of nitrogens with zero attached hydrogens (tertiary/aromatic N) is 3. The van der Waals surface area contributed by atoms with Crippen LogP contribution in [0.15, 0.2) is 52.7 Å². The summed E-state index contributed by atoms with van der Waals surface area (Å²) >= 11 is 0. The van der Waals surface area contributed by atoms with Crippen LogP contribution in [0, 0.1) is 0 Å². The van der Waals surface area contributed by atoms with Crippen molar-refractivity contribution in [3.05, 3.63) is 53.6 Å². The summed E-state index contributed by atoms with van der Waals surface area (Å²) in [6, 6.07) is 12.9. The summed E-state index contributed by atoms with van der Waals surface area (Å²) in [6.07, 6.45) is 0.831. The lowest BCUT2D eigenvalue weighted by Gasteiger charge is -2.22. The van der Waals surface area contributed by atoms with E-state index in [4.69, 9.17) is 10.2 Å². The van der Waals surface area contributed by atoms with Crippen LogP contribution in [0.3, 0.4) is 0 Å². The van der Waals surface area contributed by atoms with E-state index >= 15 is 0 Å². The number of azo groups is 1. The number of carbonyl (C=O) groups is 1. The van der Waals surface area contributed by atoms with Gasteiger partial charge >= 0.3 is 0 Å². The number of fused-ring (bicyclic) bond motifs is 1. The van der Waals surface area contributed by atoms with Gasteiger partial charge in [-0.05, 0) is 48.4 Å². The minimum atomic E-state index is -0.0690. The highest BCUT2D eigenvalue weighted by Gasteiger charge is 2.16. The van der Waals surface area contributed by atoms with Crippen molar-refractivity contribution in [3.63, 3.8) is 0 Å². The van der Waals surface area contributed by atoms with Crippen LogP contribution in [-0.2, 0) is 6.42 Å². The second-order valence-electron chi connectivity index (χ2n) is 6.00. The zero-order valence-corrected chi connectivity index (χ0v) is 14.4. The quantitative estimate of drug-likeness (QED) is 0.664. The van der Waals surface area contributed by atoms with Gasteiger partial charge in [-0.2, -0.15) is 10.2 Å². The molecule has 0 unspecified atom stereocenters. The minimum absolute atomic E-state index is 0.0212. The average Bonchev–Trinajstić information content (AvgIpc) is 2.67. The second-order valence-corrected chi connectivity index (χ2v) is 6.00. The first kappa shape index (κ1) is 18.0. The molecule has 0 atom stereocenters. The molecule has 2 aromatic rings. The summed E-state index contributed by atoms with van der Waals surface area (Å²) in [4.78, 5) is 13.8. The van der Waals surface area contributed by atoms with Gasteiger partial charge in [0.1, 0.15) is 0 Å². The number of hydrogen-bond donors (Lipinski definition) is 3. The Balaban J connectivity index is 1.72. The van der Waals surface area contributed by atoms with E-state index < -0.39 is 0 Å². The van der Waals surface area contributed by atoms with E-state index in [1.165, 1.54) is 0 Å². The number of carbonyl (C=O) groups excluding carboxylic acids is 1. The summed E-state index contributed by atoms with van der Waals surface area (Å²) in [5.74, 6) is -0.0690. The van der Waals surface area contributed by atoms with Crippen LogP contribution in [0.2, 0.25) is 0 Å². The largest absolute Gasteiger partial charge is 0.395 e. The van der Waals surface area contributed by atoms with Crippen molar-refractivity contribution in [2.45, 2.75) is 6.42 Å². The summed E-state index contributed by atoms with van der Waals surface area (Å²) in [5, 5.41) is 29.5. The molecule has 1 amide bonds. The van der Waals surface area contributed by atoms with E-state index in [9.17, 15) is 4.79 Å². The van der Waals surface area contributed by atoms with E-state index in [0.717, 1.165) is 17.7 Å². The first-order chi connectivity index (χ1) is 12.7. The van der Waals surface area contributed by atoms with Gasteiger partial charge in [0.15, 0.2) is 0 Å². The maximum absolute atomic E-state index is 11.9. The molecule has 0 fully saturated rings. The number of aliphatic hydroxyl groups is 2. The predicted molar refractivity (Wildman–Crippen MR) is 99.5 cm³/mol. The second kappa shape index (κ2) is 8.55. The van der Waals surface area contributed by atoms with E-state index in [-0.39, 0.29) is 19.1 Å². The molecule has 3 N–H and O–H groups in total. The maximum atomic E-state index is 11.9. The highest BCUT2D eigenvalue weighted by molar-refractivity contribution is 5.97. The molecule has 0 aliphatic carbocycles. The molecule has 0 saturated heterocycles. The zero-order chi connectivity index (χ0) is 18.4. The molecule has 7 nitrogen and oxygen atoms in total. The maximum Gasteiger partial charge on any atom is 0.251 e. The lowest BCUT2D eigenvalue weighted by atomic mass is 10.00. The van der Waals surface area contributed by atoms with Gasteiger partial charge < -0.3 is 20.4 Å². The van der Waals surface area contributed by atoms with E-state index in [2.05, 4.69) is 15.5 Å². The Bertz CT molecular complexity index is 784. The van der Waals surface area contributed by atoms with E-state index in [1.54, 1.807) is 6.07 Å². The first-order valence-electron chi connectivity index (χ1n) is 8.61. The molecular formula is C19H22N4O3. The fourth-order valence-electron chi connectivity index (χ4n) is 2.92. The van der Waals surface area contributed by atoms with Crippen molar-refractivity contribution in [1.82, 2.24) is 5.32 Å². The lowest BCUT2D eigenvalue weighted by molar-refractivity contribution is 0.0946. The van der Waals surface area contributed by atoms with Gasteiger partial charge in [-0.15, -0.1) is 0 Å². The van der Waals surface area contributed by atoms with Crippen LogP contribution in [0.1, 0.15) is 15.9 Å². The van der Waals surface area contributed by atoms with Gasteiger partial charge in [-0.1, -0.05) is 6.07 Å². The number of anilines is 1. The third-order valence-corrected chi connectivity index (χ3v) is 4.25. The van der Waals surface area contributed by atoms with Gasteiger partial charge in [0.05, 0.1) is 24.6 Å². The molecule has 136 valence electrons. The van der Waals surface area contributed by atoms with Gasteiger partial charge in [0.25, 0.3) is 5.91 Å². The Kier molecular flexibility index (Phi) is 5.93. The number of rotatable bonds is 7. The molecule has 0 saturated carbocycles. The number of nitrogens with one attached hydrogen (secondary N) is 1. The van der Waals surface area contributed by atoms with Gasteiger partial charge in [0.2, 0.25) is 0 Å². The Morgan fingerprint density at radius 3 is 2.31 bits per heavy atom. The van der Waals surface area contributed by atoms with Crippen molar-refractivity contribution in [2.75, 3.05) is 37.7 Å². The monoisotopic (exact) mass is 354 g/mol. The molecule has 1 aliphatic rings. The molecule has 1 aliphatic heterocycles. The molecule has 1 heterocycles. The van der Waals surface area contributed by atoms with Gasteiger partial charge in [-0.3, -0.25) is 4.79 Å². The van der Waals surface area contributed by atoms with Crippen LogP contribution in [0.25, 0.3) is 0 Å². The van der Waals surface area contributed by atoms with Crippen LogP contribution >= 0.6 is 0 Å². The molecule has 0 spiro atoms. The number of amides is 1. The first-order valence-corrected chi connectivity index (χ1v) is 8.61. The van der Waals surface area contributed by atoms with Crippen molar-refractivity contribution in [2.24, 2.45) is 10.2 Å². The zero-order valence-electron chi connectivity index (χ0n) is 14.4. The minimum Gasteiger partial charge on any atom is -0.395 e. The molecule has 2 aromatic carbocycles. The summed E-state index contributed by atoms with van der Waals surface area (Å²) in [5.41, 5.74) is 3.91.